The summed E-state index contributed by atoms with van der Waals surface area (Å²) >= 11 is 0. The smallest absolute Gasteiger partial charge is 0.151 e. The Hall–Kier alpha value is -2.43. The van der Waals surface area contributed by atoms with Gasteiger partial charge in [0.05, 0.1) is 5.52 Å². The van der Waals surface area contributed by atoms with Crippen molar-refractivity contribution < 1.29 is 4.39 Å². The van der Waals surface area contributed by atoms with Gasteiger partial charge in [0.15, 0.2) is 5.82 Å². The molecule has 108 valence electrons. The molecule has 0 aliphatic carbocycles. The van der Waals surface area contributed by atoms with Crippen molar-refractivity contribution in [2.75, 3.05) is 5.73 Å². The molecule has 0 aliphatic heterocycles. The molecule has 2 aromatic heterocycles. The monoisotopic (exact) mass is 284 g/mol. The van der Waals surface area contributed by atoms with Crippen LogP contribution in [0.1, 0.15) is 25.7 Å². The first-order valence-corrected chi connectivity index (χ1v) is 6.88. The van der Waals surface area contributed by atoms with E-state index in [-0.39, 0.29) is 11.9 Å². The van der Waals surface area contributed by atoms with Crippen molar-refractivity contribution in [3.05, 3.63) is 42.1 Å². The zero-order valence-corrected chi connectivity index (χ0v) is 12.3. The van der Waals surface area contributed by atoms with Crippen LogP contribution < -0.4 is 5.73 Å². The second-order valence-corrected chi connectivity index (χ2v) is 5.38. The standard InChI is InChI=1S/C16H17FN4/c1-9(2)21-10(3)20-15-13(17)7-11(8-14(15)21)12-5-4-6-19-16(12)18/h4-9H,1-3H3,(H2,18,19). The number of aromatic nitrogens is 3. The lowest BCUT2D eigenvalue weighted by molar-refractivity contribution is 0.600. The fraction of sp³-hybridized carbons (Fsp3) is 0.250. The molecule has 21 heavy (non-hydrogen) atoms. The van der Waals surface area contributed by atoms with Gasteiger partial charge in [-0.05, 0) is 50.6 Å². The van der Waals surface area contributed by atoms with E-state index in [0.29, 0.717) is 16.9 Å². The van der Waals surface area contributed by atoms with Crippen LogP contribution in [0.25, 0.3) is 22.2 Å². The predicted molar refractivity (Wildman–Crippen MR) is 82.5 cm³/mol. The summed E-state index contributed by atoms with van der Waals surface area (Å²) in [6.45, 7) is 5.99. The number of aryl methyl sites for hydroxylation is 1. The first-order valence-electron chi connectivity index (χ1n) is 6.88. The third kappa shape index (κ3) is 2.14. The van der Waals surface area contributed by atoms with Crippen molar-refractivity contribution in [3.8, 4) is 11.1 Å². The number of fused-ring (bicyclic) bond motifs is 1. The minimum absolute atomic E-state index is 0.205. The number of pyridine rings is 1. The lowest BCUT2D eigenvalue weighted by Gasteiger charge is -2.12. The Kier molecular flexibility index (Phi) is 3.12. The largest absolute Gasteiger partial charge is 0.383 e. The van der Waals surface area contributed by atoms with Gasteiger partial charge in [0.25, 0.3) is 0 Å². The zero-order valence-electron chi connectivity index (χ0n) is 12.3. The molecule has 0 amide bonds. The molecule has 0 aliphatic rings. The van der Waals surface area contributed by atoms with Crippen LogP contribution in [0.15, 0.2) is 30.5 Å². The fourth-order valence-electron chi connectivity index (χ4n) is 2.74. The summed E-state index contributed by atoms with van der Waals surface area (Å²) in [4.78, 5) is 8.39. The zero-order chi connectivity index (χ0) is 15.1. The fourth-order valence-corrected chi connectivity index (χ4v) is 2.74. The number of anilines is 1. The highest BCUT2D eigenvalue weighted by molar-refractivity contribution is 5.85. The van der Waals surface area contributed by atoms with Gasteiger partial charge in [0.1, 0.15) is 17.2 Å². The lowest BCUT2D eigenvalue weighted by Crippen LogP contribution is -2.03. The van der Waals surface area contributed by atoms with Gasteiger partial charge in [0, 0.05) is 17.8 Å². The summed E-state index contributed by atoms with van der Waals surface area (Å²) in [5.41, 5.74) is 8.51. The first kappa shape index (κ1) is 13.5. The maximum absolute atomic E-state index is 14.4. The van der Waals surface area contributed by atoms with E-state index in [1.54, 1.807) is 12.3 Å². The highest BCUT2D eigenvalue weighted by Crippen LogP contribution is 2.31. The lowest BCUT2D eigenvalue weighted by atomic mass is 10.1. The number of imidazole rings is 1. The third-order valence-electron chi connectivity index (χ3n) is 3.59. The highest BCUT2D eigenvalue weighted by atomic mass is 19.1. The topological polar surface area (TPSA) is 56.7 Å². The van der Waals surface area contributed by atoms with Crippen molar-refractivity contribution in [1.29, 1.82) is 0 Å². The van der Waals surface area contributed by atoms with E-state index in [2.05, 4.69) is 23.8 Å². The number of nitrogen functional groups attached to an aromatic ring is 1. The maximum Gasteiger partial charge on any atom is 0.151 e. The van der Waals surface area contributed by atoms with Gasteiger partial charge in [-0.1, -0.05) is 0 Å². The van der Waals surface area contributed by atoms with Gasteiger partial charge in [-0.15, -0.1) is 0 Å². The van der Waals surface area contributed by atoms with Crippen molar-refractivity contribution >= 4 is 16.9 Å². The molecule has 2 N–H and O–H groups in total. The third-order valence-corrected chi connectivity index (χ3v) is 3.59. The van der Waals surface area contributed by atoms with E-state index in [4.69, 9.17) is 5.73 Å². The van der Waals surface area contributed by atoms with Crippen molar-refractivity contribution in [3.63, 3.8) is 0 Å². The van der Waals surface area contributed by atoms with E-state index >= 15 is 0 Å². The molecule has 0 spiro atoms. The number of hydrogen-bond acceptors (Lipinski definition) is 3. The van der Waals surface area contributed by atoms with Crippen LogP contribution in [-0.4, -0.2) is 14.5 Å². The molecule has 0 bridgehead atoms. The molecule has 0 saturated heterocycles. The Morgan fingerprint density at radius 1 is 1.29 bits per heavy atom. The molecular weight excluding hydrogens is 267 g/mol. The molecule has 5 heteroatoms. The minimum atomic E-state index is -0.340. The Bertz CT molecular complexity index is 821. The molecule has 4 nitrogen and oxygen atoms in total. The molecule has 0 unspecified atom stereocenters. The molecule has 0 radical (unpaired) electrons. The average Bonchev–Trinajstić information content (AvgIpc) is 2.76. The van der Waals surface area contributed by atoms with Gasteiger partial charge in [-0.25, -0.2) is 14.4 Å². The number of halogens is 1. The molecule has 1 aromatic carbocycles. The predicted octanol–water partition coefficient (Wildman–Crippen LogP) is 3.71. The Morgan fingerprint density at radius 2 is 2.05 bits per heavy atom. The van der Waals surface area contributed by atoms with Crippen molar-refractivity contribution in [1.82, 2.24) is 14.5 Å². The number of benzene rings is 1. The summed E-state index contributed by atoms with van der Waals surface area (Å²) in [5.74, 6) is 0.854. The Balaban J connectivity index is 2.32. The van der Waals surface area contributed by atoms with E-state index in [1.807, 2.05) is 23.6 Å². The Labute approximate surface area is 122 Å². The number of hydrogen-bond donors (Lipinski definition) is 1. The van der Waals surface area contributed by atoms with Gasteiger partial charge in [0.2, 0.25) is 0 Å². The van der Waals surface area contributed by atoms with E-state index < -0.39 is 0 Å². The normalized spacial score (nSPS) is 11.5. The van der Waals surface area contributed by atoms with Gasteiger partial charge < -0.3 is 10.3 Å². The molecule has 3 aromatic rings. The highest BCUT2D eigenvalue weighted by Gasteiger charge is 2.16. The van der Waals surface area contributed by atoms with Crippen LogP contribution >= 0.6 is 0 Å². The summed E-state index contributed by atoms with van der Waals surface area (Å²) in [7, 11) is 0. The van der Waals surface area contributed by atoms with E-state index in [1.165, 1.54) is 6.07 Å². The van der Waals surface area contributed by atoms with Crippen LogP contribution in [0.4, 0.5) is 10.2 Å². The Morgan fingerprint density at radius 3 is 2.71 bits per heavy atom. The van der Waals surface area contributed by atoms with Gasteiger partial charge in [-0.3, -0.25) is 0 Å². The molecular formula is C16H17FN4. The van der Waals surface area contributed by atoms with Crippen molar-refractivity contribution in [2.24, 2.45) is 0 Å². The molecule has 2 heterocycles. The summed E-state index contributed by atoms with van der Waals surface area (Å²) < 4.78 is 16.4. The van der Waals surface area contributed by atoms with Crippen LogP contribution in [0, 0.1) is 12.7 Å². The summed E-state index contributed by atoms with van der Waals surface area (Å²) in [6.07, 6.45) is 1.62. The van der Waals surface area contributed by atoms with Crippen LogP contribution in [0.3, 0.4) is 0 Å². The van der Waals surface area contributed by atoms with Gasteiger partial charge in [-0.2, -0.15) is 0 Å². The molecule has 0 atom stereocenters. The second-order valence-electron chi connectivity index (χ2n) is 5.38. The minimum Gasteiger partial charge on any atom is -0.383 e. The van der Waals surface area contributed by atoms with Gasteiger partial charge >= 0.3 is 0 Å². The molecule has 3 rings (SSSR count). The molecule has 0 fully saturated rings. The molecule has 0 saturated carbocycles. The second kappa shape index (κ2) is 4.84. The summed E-state index contributed by atoms with van der Waals surface area (Å²) in [6, 6.07) is 7.22. The van der Waals surface area contributed by atoms with E-state index in [9.17, 15) is 4.39 Å². The van der Waals surface area contributed by atoms with Crippen LogP contribution in [-0.2, 0) is 0 Å². The maximum atomic E-state index is 14.4. The van der Waals surface area contributed by atoms with Crippen LogP contribution in [0.2, 0.25) is 0 Å². The SMILES string of the molecule is Cc1nc2c(F)cc(-c3cccnc3N)cc2n1C(C)C. The first-order chi connectivity index (χ1) is 9.99. The average molecular weight is 284 g/mol. The van der Waals surface area contributed by atoms with E-state index in [0.717, 1.165) is 16.9 Å². The number of nitrogens with zero attached hydrogens (tertiary/aromatic N) is 3. The summed E-state index contributed by atoms with van der Waals surface area (Å²) in [5, 5.41) is 0. The number of nitrogens with two attached hydrogens (primary N) is 1. The quantitative estimate of drug-likeness (QED) is 0.780. The van der Waals surface area contributed by atoms with Crippen molar-refractivity contribution in [2.45, 2.75) is 26.8 Å². The van der Waals surface area contributed by atoms with Crippen LogP contribution in [0.5, 0.6) is 0 Å². The number of rotatable bonds is 2.